The lowest BCUT2D eigenvalue weighted by Gasteiger charge is -2.19. The molecule has 0 radical (unpaired) electrons. The highest BCUT2D eigenvalue weighted by atomic mass is 16.5. The maximum Gasteiger partial charge on any atom is 0.105 e. The van der Waals surface area contributed by atoms with E-state index in [2.05, 4.69) is 19.1 Å². The van der Waals surface area contributed by atoms with Crippen LogP contribution in [-0.4, -0.2) is 17.8 Å². The number of benzene rings is 1. The van der Waals surface area contributed by atoms with E-state index >= 15 is 0 Å². The molecule has 0 fully saturated rings. The summed E-state index contributed by atoms with van der Waals surface area (Å²) >= 11 is 0. The number of ether oxygens (including phenoxy) is 1. The van der Waals surface area contributed by atoms with Crippen molar-refractivity contribution in [1.29, 1.82) is 0 Å². The lowest BCUT2D eigenvalue weighted by Crippen LogP contribution is -2.18. The minimum absolute atomic E-state index is 0.151. The van der Waals surface area contributed by atoms with Gasteiger partial charge < -0.3 is 9.84 Å². The Kier molecular flexibility index (Phi) is 5.50. The van der Waals surface area contributed by atoms with Crippen LogP contribution in [0.2, 0.25) is 0 Å². The summed E-state index contributed by atoms with van der Waals surface area (Å²) in [5, 5.41) is 10.1. The minimum Gasteiger partial charge on any atom is -0.386 e. The van der Waals surface area contributed by atoms with Crippen molar-refractivity contribution in [1.82, 2.24) is 0 Å². The average Bonchev–Trinajstić information content (AvgIpc) is 2.29. The summed E-state index contributed by atoms with van der Waals surface area (Å²) in [4.78, 5) is 0. The van der Waals surface area contributed by atoms with Gasteiger partial charge in [0.2, 0.25) is 0 Å². The molecule has 0 spiro atoms. The fourth-order valence-electron chi connectivity index (χ4n) is 1.85. The van der Waals surface area contributed by atoms with Gasteiger partial charge in [-0.2, -0.15) is 0 Å². The number of aryl methyl sites for hydroxylation is 1. The molecule has 0 aromatic heterocycles. The van der Waals surface area contributed by atoms with Crippen LogP contribution in [0.3, 0.4) is 0 Å². The molecule has 90 valence electrons. The van der Waals surface area contributed by atoms with Crippen molar-refractivity contribution in [3.8, 4) is 0 Å². The summed E-state index contributed by atoms with van der Waals surface area (Å²) in [5.41, 5.74) is 2.23. The van der Waals surface area contributed by atoms with E-state index in [1.54, 1.807) is 0 Å². The zero-order chi connectivity index (χ0) is 12.0. The van der Waals surface area contributed by atoms with Gasteiger partial charge in [-0.3, -0.25) is 0 Å². The van der Waals surface area contributed by atoms with Crippen molar-refractivity contribution in [3.05, 3.63) is 35.4 Å². The standard InChI is InChI=1S/C14H22O2/c1-4-7-12-8-6-9-13(10-12)14(15)11(3)16-5-2/h6,8-11,14-15H,4-5,7H2,1-3H3. The summed E-state index contributed by atoms with van der Waals surface area (Å²) < 4.78 is 5.41. The molecular weight excluding hydrogens is 200 g/mol. The Balaban J connectivity index is 2.74. The van der Waals surface area contributed by atoms with Crippen LogP contribution in [0.1, 0.15) is 44.4 Å². The molecule has 2 atom stereocenters. The molecule has 0 aliphatic heterocycles. The smallest absolute Gasteiger partial charge is 0.105 e. The van der Waals surface area contributed by atoms with E-state index in [0.29, 0.717) is 6.61 Å². The zero-order valence-electron chi connectivity index (χ0n) is 10.4. The number of hydrogen-bond acceptors (Lipinski definition) is 2. The van der Waals surface area contributed by atoms with Crippen molar-refractivity contribution in [2.45, 2.75) is 45.8 Å². The van der Waals surface area contributed by atoms with E-state index in [0.717, 1.165) is 18.4 Å². The highest BCUT2D eigenvalue weighted by molar-refractivity contribution is 5.25. The highest BCUT2D eigenvalue weighted by Gasteiger charge is 2.16. The number of aliphatic hydroxyl groups excluding tert-OH is 1. The molecule has 1 rings (SSSR count). The molecule has 2 heteroatoms. The van der Waals surface area contributed by atoms with E-state index in [4.69, 9.17) is 4.74 Å². The van der Waals surface area contributed by atoms with Crippen LogP contribution in [0.15, 0.2) is 24.3 Å². The van der Waals surface area contributed by atoms with Crippen molar-refractivity contribution in [3.63, 3.8) is 0 Å². The maximum absolute atomic E-state index is 10.1. The molecule has 0 aliphatic carbocycles. The van der Waals surface area contributed by atoms with Gasteiger partial charge in [0, 0.05) is 6.61 Å². The summed E-state index contributed by atoms with van der Waals surface area (Å²) in [6.45, 7) is 6.64. The Labute approximate surface area is 98.3 Å². The van der Waals surface area contributed by atoms with Gasteiger partial charge in [0.1, 0.15) is 6.10 Å². The largest absolute Gasteiger partial charge is 0.386 e. The third kappa shape index (κ3) is 3.62. The SMILES string of the molecule is CCCc1cccc(C(O)C(C)OCC)c1. The molecule has 0 bridgehead atoms. The summed E-state index contributed by atoms with van der Waals surface area (Å²) in [7, 11) is 0. The molecule has 0 aliphatic rings. The lowest BCUT2D eigenvalue weighted by molar-refractivity contribution is -0.0227. The van der Waals surface area contributed by atoms with Crippen LogP contribution < -0.4 is 0 Å². The summed E-state index contributed by atoms with van der Waals surface area (Å²) in [5.74, 6) is 0. The van der Waals surface area contributed by atoms with Crippen molar-refractivity contribution in [2.75, 3.05) is 6.61 Å². The molecule has 1 aromatic rings. The van der Waals surface area contributed by atoms with E-state index in [1.807, 2.05) is 26.0 Å². The Bertz CT molecular complexity index is 309. The fraction of sp³-hybridized carbons (Fsp3) is 0.571. The molecular formula is C14H22O2. The fourth-order valence-corrected chi connectivity index (χ4v) is 1.85. The van der Waals surface area contributed by atoms with Gasteiger partial charge in [-0.1, -0.05) is 37.6 Å². The maximum atomic E-state index is 10.1. The Morgan fingerprint density at radius 3 is 2.69 bits per heavy atom. The predicted molar refractivity (Wildman–Crippen MR) is 66.5 cm³/mol. The molecule has 0 saturated carbocycles. The van der Waals surface area contributed by atoms with Crippen molar-refractivity contribution < 1.29 is 9.84 Å². The highest BCUT2D eigenvalue weighted by Crippen LogP contribution is 2.20. The molecule has 1 N–H and O–H groups in total. The van der Waals surface area contributed by atoms with E-state index in [1.165, 1.54) is 5.56 Å². The second-order valence-corrected chi connectivity index (χ2v) is 4.10. The first-order valence-electron chi connectivity index (χ1n) is 6.07. The number of hydrogen-bond donors (Lipinski definition) is 1. The van der Waals surface area contributed by atoms with Crippen molar-refractivity contribution >= 4 is 0 Å². The third-order valence-electron chi connectivity index (χ3n) is 2.71. The average molecular weight is 222 g/mol. The van der Waals surface area contributed by atoms with E-state index < -0.39 is 6.10 Å². The van der Waals surface area contributed by atoms with Gasteiger partial charge in [-0.05, 0) is 31.4 Å². The van der Waals surface area contributed by atoms with Gasteiger partial charge in [0.15, 0.2) is 0 Å². The molecule has 2 unspecified atom stereocenters. The normalized spacial score (nSPS) is 14.8. The van der Waals surface area contributed by atoms with Crippen LogP contribution in [0.4, 0.5) is 0 Å². The van der Waals surface area contributed by atoms with E-state index in [9.17, 15) is 5.11 Å². The molecule has 1 aromatic carbocycles. The minimum atomic E-state index is -0.531. The predicted octanol–water partition coefficient (Wildman–Crippen LogP) is 3.10. The lowest BCUT2D eigenvalue weighted by atomic mass is 10.0. The quantitative estimate of drug-likeness (QED) is 0.801. The summed E-state index contributed by atoms with van der Waals surface area (Å²) in [6.07, 6.45) is 1.50. The van der Waals surface area contributed by atoms with Crippen LogP contribution in [0.25, 0.3) is 0 Å². The number of aliphatic hydroxyl groups is 1. The third-order valence-corrected chi connectivity index (χ3v) is 2.71. The van der Waals surface area contributed by atoms with Crippen LogP contribution in [0, 0.1) is 0 Å². The monoisotopic (exact) mass is 222 g/mol. The first-order chi connectivity index (χ1) is 7.69. The zero-order valence-corrected chi connectivity index (χ0v) is 10.4. The first kappa shape index (κ1) is 13.2. The Hall–Kier alpha value is -0.860. The molecule has 2 nitrogen and oxygen atoms in total. The van der Waals surface area contributed by atoms with Gasteiger partial charge in [-0.25, -0.2) is 0 Å². The van der Waals surface area contributed by atoms with Crippen LogP contribution in [-0.2, 0) is 11.2 Å². The van der Waals surface area contributed by atoms with Gasteiger partial charge in [0.25, 0.3) is 0 Å². The Morgan fingerprint density at radius 1 is 1.31 bits per heavy atom. The number of rotatable bonds is 6. The topological polar surface area (TPSA) is 29.5 Å². The first-order valence-corrected chi connectivity index (χ1v) is 6.07. The summed E-state index contributed by atoms with van der Waals surface area (Å²) in [6, 6.07) is 8.14. The van der Waals surface area contributed by atoms with Crippen LogP contribution >= 0.6 is 0 Å². The van der Waals surface area contributed by atoms with Gasteiger partial charge >= 0.3 is 0 Å². The van der Waals surface area contributed by atoms with E-state index in [-0.39, 0.29) is 6.10 Å². The molecule has 0 amide bonds. The van der Waals surface area contributed by atoms with Gasteiger partial charge in [0.05, 0.1) is 6.10 Å². The molecule has 0 heterocycles. The molecule has 0 saturated heterocycles. The van der Waals surface area contributed by atoms with Crippen molar-refractivity contribution in [2.24, 2.45) is 0 Å². The second kappa shape index (κ2) is 6.66. The van der Waals surface area contributed by atoms with Crippen LogP contribution in [0.5, 0.6) is 0 Å². The molecule has 16 heavy (non-hydrogen) atoms. The Morgan fingerprint density at radius 2 is 2.06 bits per heavy atom. The second-order valence-electron chi connectivity index (χ2n) is 4.10. The van der Waals surface area contributed by atoms with Gasteiger partial charge in [-0.15, -0.1) is 0 Å².